The Morgan fingerprint density at radius 2 is 1.78 bits per heavy atom. The summed E-state index contributed by atoms with van der Waals surface area (Å²) in [6.45, 7) is 2.69. The average Bonchev–Trinajstić information content (AvgIpc) is 3.64. The smallest absolute Gasteiger partial charge is 0.227 e. The minimum atomic E-state index is -0.781. The third-order valence-electron chi connectivity index (χ3n) is 7.67. The van der Waals surface area contributed by atoms with E-state index < -0.39 is 23.6 Å². The number of amides is 1. The van der Waals surface area contributed by atoms with Crippen molar-refractivity contribution < 1.29 is 28.2 Å². The fraction of sp³-hybridized carbons (Fsp3) is 0.577. The summed E-state index contributed by atoms with van der Waals surface area (Å²) in [4.78, 5) is 24.5. The highest BCUT2D eigenvalue weighted by molar-refractivity contribution is 5.79. The van der Waals surface area contributed by atoms with Crippen molar-refractivity contribution in [3.05, 3.63) is 41.7 Å². The summed E-state index contributed by atoms with van der Waals surface area (Å²) in [6, 6.07) is 2.30. The summed E-state index contributed by atoms with van der Waals surface area (Å²) in [7, 11) is 1.60. The van der Waals surface area contributed by atoms with E-state index in [1.165, 1.54) is 11.3 Å². The van der Waals surface area contributed by atoms with Gasteiger partial charge >= 0.3 is 0 Å². The number of nitrogens with zero attached hydrogens (tertiary/aromatic N) is 4. The highest BCUT2D eigenvalue weighted by Gasteiger charge is 2.43. The first-order valence-corrected chi connectivity index (χ1v) is 12.6. The van der Waals surface area contributed by atoms with Crippen LogP contribution in [-0.2, 0) is 11.2 Å². The van der Waals surface area contributed by atoms with E-state index in [1.54, 1.807) is 19.5 Å². The lowest BCUT2D eigenvalue weighted by molar-refractivity contribution is -0.140. The first kappa shape index (κ1) is 24.7. The number of likely N-dealkylation sites (tertiary alicyclic amines) is 1. The van der Waals surface area contributed by atoms with Gasteiger partial charge in [0.2, 0.25) is 11.9 Å². The Hall–Kier alpha value is -3.01. The molecule has 194 valence electrons. The standard InChI is InChI=1S/C26H32F2N4O4/c1-35-20-12-29-26(30-13-20)31-5-2-16(3-6-31)21-8-17(21)4-7-36-19-9-23(27)22(24(28)10-19)11-25(34)32-14-18(33)15-32/h9-10,12-13,16-18,21,33H,2-8,11,14-15H2,1H3/t17-,21?/m1/s1. The van der Waals surface area contributed by atoms with Gasteiger partial charge in [-0.25, -0.2) is 18.7 Å². The van der Waals surface area contributed by atoms with Crippen LogP contribution in [0.4, 0.5) is 14.7 Å². The second-order valence-electron chi connectivity index (χ2n) is 10.0. The first-order valence-electron chi connectivity index (χ1n) is 12.6. The van der Waals surface area contributed by atoms with E-state index in [1.807, 2.05) is 0 Å². The largest absolute Gasteiger partial charge is 0.494 e. The second kappa shape index (κ2) is 10.5. The minimum Gasteiger partial charge on any atom is -0.494 e. The maximum Gasteiger partial charge on any atom is 0.227 e. The van der Waals surface area contributed by atoms with Crippen LogP contribution in [0.15, 0.2) is 24.5 Å². The molecule has 8 nitrogen and oxygen atoms in total. The number of ether oxygens (including phenoxy) is 2. The fourth-order valence-corrected chi connectivity index (χ4v) is 5.37. The van der Waals surface area contributed by atoms with Crippen molar-refractivity contribution in [3.8, 4) is 11.5 Å². The van der Waals surface area contributed by atoms with Gasteiger partial charge in [-0.1, -0.05) is 0 Å². The fourth-order valence-electron chi connectivity index (χ4n) is 5.37. The Kier molecular flexibility index (Phi) is 7.22. The lowest BCUT2D eigenvalue weighted by Gasteiger charge is -2.36. The number of carbonyl (C=O) groups excluding carboxylic acids is 1. The molecule has 3 aliphatic rings. The van der Waals surface area contributed by atoms with E-state index in [4.69, 9.17) is 9.47 Å². The number of hydrogen-bond acceptors (Lipinski definition) is 7. The van der Waals surface area contributed by atoms with Gasteiger partial charge in [0.05, 0.1) is 38.6 Å². The Morgan fingerprint density at radius 3 is 2.39 bits per heavy atom. The molecule has 10 heteroatoms. The number of hydrogen-bond donors (Lipinski definition) is 1. The Labute approximate surface area is 209 Å². The molecular weight excluding hydrogens is 470 g/mol. The lowest BCUT2D eigenvalue weighted by atomic mass is 9.90. The van der Waals surface area contributed by atoms with Crippen LogP contribution in [0.1, 0.15) is 31.2 Å². The van der Waals surface area contributed by atoms with Gasteiger partial charge in [0.15, 0.2) is 5.75 Å². The van der Waals surface area contributed by atoms with E-state index in [-0.39, 0.29) is 30.8 Å². The SMILES string of the molecule is COc1cnc(N2CCC(C3C[C@H]3CCOc3cc(F)c(CC(=O)N4CC(O)C4)c(F)c3)CC2)nc1. The molecule has 1 aromatic carbocycles. The third kappa shape index (κ3) is 5.53. The van der Waals surface area contributed by atoms with E-state index in [2.05, 4.69) is 14.9 Å². The molecule has 3 fully saturated rings. The van der Waals surface area contributed by atoms with Crippen LogP contribution in [0.2, 0.25) is 0 Å². The van der Waals surface area contributed by atoms with E-state index in [9.17, 15) is 18.7 Å². The van der Waals surface area contributed by atoms with Gasteiger partial charge in [0.25, 0.3) is 0 Å². The van der Waals surface area contributed by atoms with Crippen LogP contribution in [0, 0.1) is 29.4 Å². The molecular formula is C26H32F2N4O4. The molecule has 1 N–H and O–H groups in total. The third-order valence-corrected chi connectivity index (χ3v) is 7.67. The number of piperidine rings is 1. The first-order chi connectivity index (χ1) is 17.4. The lowest BCUT2D eigenvalue weighted by Crippen LogP contribution is -2.54. The monoisotopic (exact) mass is 502 g/mol. The average molecular weight is 503 g/mol. The second-order valence-corrected chi connectivity index (χ2v) is 10.0. The molecule has 2 atom stereocenters. The molecule has 3 heterocycles. The highest BCUT2D eigenvalue weighted by Crippen LogP contribution is 2.49. The number of carbonyl (C=O) groups is 1. The van der Waals surface area contributed by atoms with Gasteiger partial charge in [-0.2, -0.15) is 0 Å². The van der Waals surface area contributed by atoms with Crippen LogP contribution < -0.4 is 14.4 Å². The van der Waals surface area contributed by atoms with Crippen LogP contribution in [0.3, 0.4) is 0 Å². The van der Waals surface area contributed by atoms with Crippen LogP contribution in [-0.4, -0.2) is 71.9 Å². The number of methoxy groups -OCH3 is 1. The number of rotatable bonds is 9. The predicted octanol–water partition coefficient (Wildman–Crippen LogP) is 2.83. The van der Waals surface area contributed by atoms with Crippen LogP contribution >= 0.6 is 0 Å². The normalized spacial score (nSPS) is 22.3. The highest BCUT2D eigenvalue weighted by atomic mass is 19.1. The number of anilines is 1. The molecule has 0 radical (unpaired) electrons. The van der Waals surface area contributed by atoms with Crippen molar-refractivity contribution in [2.75, 3.05) is 44.8 Å². The van der Waals surface area contributed by atoms with E-state index >= 15 is 0 Å². The molecule has 1 saturated carbocycles. The zero-order valence-corrected chi connectivity index (χ0v) is 20.4. The van der Waals surface area contributed by atoms with Gasteiger partial charge in [0, 0.05) is 43.9 Å². The van der Waals surface area contributed by atoms with Crippen molar-refractivity contribution in [1.82, 2.24) is 14.9 Å². The van der Waals surface area contributed by atoms with Crippen LogP contribution in [0.25, 0.3) is 0 Å². The molecule has 0 bridgehead atoms. The molecule has 2 saturated heterocycles. The van der Waals surface area contributed by atoms with Gasteiger partial charge in [-0.05, 0) is 43.4 Å². The molecule has 5 rings (SSSR count). The molecule has 2 aromatic rings. The van der Waals surface area contributed by atoms with Crippen molar-refractivity contribution >= 4 is 11.9 Å². The van der Waals surface area contributed by atoms with Gasteiger partial charge in [-0.15, -0.1) is 0 Å². The number of benzene rings is 1. The number of aliphatic hydroxyl groups excluding tert-OH is 1. The predicted molar refractivity (Wildman–Crippen MR) is 128 cm³/mol. The maximum atomic E-state index is 14.5. The Balaban J connectivity index is 1.04. The van der Waals surface area contributed by atoms with Crippen molar-refractivity contribution in [2.45, 2.75) is 38.2 Å². The molecule has 2 aliphatic heterocycles. The van der Waals surface area contributed by atoms with Crippen LogP contribution in [0.5, 0.6) is 11.5 Å². The number of aromatic nitrogens is 2. The molecule has 0 spiro atoms. The van der Waals surface area contributed by atoms with Gasteiger partial charge in [-0.3, -0.25) is 4.79 Å². The van der Waals surface area contributed by atoms with Crippen molar-refractivity contribution in [2.24, 2.45) is 17.8 Å². The quantitative estimate of drug-likeness (QED) is 0.564. The number of aliphatic hydroxyl groups is 1. The van der Waals surface area contributed by atoms with Crippen molar-refractivity contribution in [1.29, 1.82) is 0 Å². The van der Waals surface area contributed by atoms with Crippen molar-refractivity contribution in [3.63, 3.8) is 0 Å². The number of halogens is 2. The number of β-amino-alcohol motifs (C(OH)–C–C–N with tert-alkyl or cyclic N) is 1. The summed E-state index contributed by atoms with van der Waals surface area (Å²) >= 11 is 0. The molecule has 1 unspecified atom stereocenters. The molecule has 36 heavy (non-hydrogen) atoms. The summed E-state index contributed by atoms with van der Waals surface area (Å²) in [5, 5.41) is 9.30. The molecule has 1 amide bonds. The summed E-state index contributed by atoms with van der Waals surface area (Å²) < 4.78 is 39.7. The minimum absolute atomic E-state index is 0.144. The van der Waals surface area contributed by atoms with Gasteiger partial charge in [0.1, 0.15) is 17.4 Å². The topological polar surface area (TPSA) is 88.0 Å². The Bertz CT molecular complexity index is 1050. The summed E-state index contributed by atoms with van der Waals surface area (Å²) in [6.07, 6.45) is 6.69. The zero-order valence-electron chi connectivity index (χ0n) is 20.4. The molecule has 1 aliphatic carbocycles. The van der Waals surface area contributed by atoms with E-state index in [0.29, 0.717) is 30.1 Å². The molecule has 1 aromatic heterocycles. The zero-order chi connectivity index (χ0) is 25.2. The van der Waals surface area contributed by atoms with Gasteiger partial charge < -0.3 is 24.4 Å². The maximum absolute atomic E-state index is 14.5. The summed E-state index contributed by atoms with van der Waals surface area (Å²) in [5.41, 5.74) is -0.262. The Morgan fingerprint density at radius 1 is 1.11 bits per heavy atom. The summed E-state index contributed by atoms with van der Waals surface area (Å²) in [5.74, 6) is 1.50. The van der Waals surface area contributed by atoms with E-state index in [0.717, 1.165) is 50.4 Å².